The summed E-state index contributed by atoms with van der Waals surface area (Å²) in [7, 11) is -0.473. The van der Waals surface area contributed by atoms with Crippen LogP contribution in [0.3, 0.4) is 0 Å². The molecule has 0 saturated carbocycles. The average molecular weight is 530 g/mol. The standard InChI is InChI=1S/C28H39NO7Si/c1-28(2,3)37(5,6)34-18-23(35-26(30)21-10-8-7-9-11-21)16-24-25(36-27(31)29-24)19-33-17-20-12-14-22(32-4)15-13-20/h7-15,23-25H,16-19H2,1-6H3,(H,29,31)/t23-,24-,25-/m0/s1. The predicted octanol–water partition coefficient (Wildman–Crippen LogP) is 5.33. The fraction of sp³-hybridized carbons (Fsp3) is 0.500. The number of methoxy groups -OCH3 is 1. The van der Waals surface area contributed by atoms with Crippen LogP contribution in [-0.4, -0.2) is 59.0 Å². The molecule has 2 aromatic carbocycles. The summed E-state index contributed by atoms with van der Waals surface area (Å²) in [5, 5.41) is 2.85. The van der Waals surface area contributed by atoms with Crippen molar-refractivity contribution in [3.8, 4) is 5.75 Å². The van der Waals surface area contributed by atoms with Crippen molar-refractivity contribution in [3.05, 3.63) is 65.7 Å². The number of rotatable bonds is 12. The lowest BCUT2D eigenvalue weighted by atomic mass is 10.0. The molecule has 3 rings (SSSR count). The Labute approximate surface area is 220 Å². The van der Waals surface area contributed by atoms with Crippen LogP contribution in [-0.2, 0) is 25.2 Å². The van der Waals surface area contributed by atoms with Crippen LogP contribution in [0.5, 0.6) is 5.75 Å². The fourth-order valence-corrected chi connectivity index (χ4v) is 4.65. The maximum atomic E-state index is 12.9. The number of hydrogen-bond donors (Lipinski definition) is 1. The summed E-state index contributed by atoms with van der Waals surface area (Å²) in [5.41, 5.74) is 1.44. The van der Waals surface area contributed by atoms with Crippen LogP contribution >= 0.6 is 0 Å². The largest absolute Gasteiger partial charge is 0.497 e. The summed E-state index contributed by atoms with van der Waals surface area (Å²) >= 11 is 0. The number of esters is 1. The molecule has 0 aliphatic carbocycles. The van der Waals surface area contributed by atoms with Crippen LogP contribution in [0.2, 0.25) is 18.1 Å². The van der Waals surface area contributed by atoms with E-state index in [9.17, 15) is 9.59 Å². The number of hydrogen-bond acceptors (Lipinski definition) is 7. The molecule has 1 heterocycles. The number of carbonyl (C=O) groups excluding carboxylic acids is 2. The second-order valence-electron chi connectivity index (χ2n) is 10.8. The third-order valence-corrected chi connectivity index (χ3v) is 11.5. The normalized spacial score (nSPS) is 18.6. The highest BCUT2D eigenvalue weighted by Gasteiger charge is 2.40. The quantitative estimate of drug-likeness (QED) is 0.294. The van der Waals surface area contributed by atoms with Crippen molar-refractivity contribution < 1.29 is 33.0 Å². The lowest BCUT2D eigenvalue weighted by molar-refractivity contribution is -0.00270. The van der Waals surface area contributed by atoms with Crippen molar-refractivity contribution in [2.75, 3.05) is 20.3 Å². The highest BCUT2D eigenvalue weighted by molar-refractivity contribution is 6.74. The lowest BCUT2D eigenvalue weighted by Gasteiger charge is -2.37. The minimum atomic E-state index is -2.09. The van der Waals surface area contributed by atoms with Gasteiger partial charge in [-0.2, -0.15) is 0 Å². The number of carbonyl (C=O) groups is 2. The zero-order valence-electron chi connectivity index (χ0n) is 22.6. The molecule has 1 aliphatic heterocycles. The Bertz CT molecular complexity index is 1020. The zero-order valence-corrected chi connectivity index (χ0v) is 23.6. The minimum Gasteiger partial charge on any atom is -0.497 e. The van der Waals surface area contributed by atoms with Gasteiger partial charge in [-0.1, -0.05) is 51.1 Å². The molecule has 1 aliphatic rings. The second kappa shape index (κ2) is 12.6. The van der Waals surface area contributed by atoms with Gasteiger partial charge in [-0.15, -0.1) is 0 Å². The Kier molecular flexibility index (Phi) is 9.75. The maximum absolute atomic E-state index is 12.9. The van der Waals surface area contributed by atoms with Gasteiger partial charge in [0.2, 0.25) is 0 Å². The van der Waals surface area contributed by atoms with Crippen molar-refractivity contribution in [3.63, 3.8) is 0 Å². The smallest absolute Gasteiger partial charge is 0.407 e. The summed E-state index contributed by atoms with van der Waals surface area (Å²) < 4.78 is 28.8. The molecule has 0 spiro atoms. The van der Waals surface area contributed by atoms with Gasteiger partial charge in [-0.25, -0.2) is 9.59 Å². The molecular weight excluding hydrogens is 490 g/mol. The van der Waals surface area contributed by atoms with E-state index in [4.69, 9.17) is 23.4 Å². The minimum absolute atomic E-state index is 0.00348. The van der Waals surface area contributed by atoms with Crippen molar-refractivity contribution in [1.82, 2.24) is 5.32 Å². The number of amides is 1. The van der Waals surface area contributed by atoms with Gasteiger partial charge < -0.3 is 28.7 Å². The number of nitrogens with one attached hydrogen (secondary N) is 1. The highest BCUT2D eigenvalue weighted by atomic mass is 28.4. The van der Waals surface area contributed by atoms with Crippen molar-refractivity contribution in [2.24, 2.45) is 0 Å². The lowest BCUT2D eigenvalue weighted by Crippen LogP contribution is -2.45. The first kappa shape index (κ1) is 28.7. The maximum Gasteiger partial charge on any atom is 0.407 e. The third kappa shape index (κ3) is 8.31. The van der Waals surface area contributed by atoms with E-state index in [-0.39, 0.29) is 24.3 Å². The summed E-state index contributed by atoms with van der Waals surface area (Å²) in [6, 6.07) is 16.0. The van der Waals surface area contributed by atoms with E-state index < -0.39 is 32.6 Å². The first-order valence-corrected chi connectivity index (χ1v) is 15.5. The molecule has 37 heavy (non-hydrogen) atoms. The monoisotopic (exact) mass is 529 g/mol. The van der Waals surface area contributed by atoms with E-state index >= 15 is 0 Å². The summed E-state index contributed by atoms with van der Waals surface area (Å²) in [4.78, 5) is 25.0. The molecule has 0 radical (unpaired) electrons. The average Bonchev–Trinajstić information content (AvgIpc) is 3.21. The molecule has 1 amide bonds. The molecule has 1 fully saturated rings. The van der Waals surface area contributed by atoms with Crippen LogP contribution < -0.4 is 10.1 Å². The van der Waals surface area contributed by atoms with E-state index in [1.165, 1.54) is 0 Å². The molecule has 9 heteroatoms. The van der Waals surface area contributed by atoms with Gasteiger partial charge in [-0.05, 0) is 48.0 Å². The molecular formula is C28H39NO7Si. The Morgan fingerprint density at radius 1 is 1.08 bits per heavy atom. The van der Waals surface area contributed by atoms with Gasteiger partial charge >= 0.3 is 12.1 Å². The zero-order chi connectivity index (χ0) is 27.1. The SMILES string of the molecule is COc1ccc(COC[C@@H]2OC(=O)N[C@H]2C[C@@H](CO[Si](C)(C)C(C)(C)C)OC(=O)c2ccccc2)cc1. The van der Waals surface area contributed by atoms with E-state index in [0.717, 1.165) is 11.3 Å². The topological polar surface area (TPSA) is 92.3 Å². The summed E-state index contributed by atoms with van der Waals surface area (Å²) in [6.45, 7) is 11.6. The Morgan fingerprint density at radius 2 is 1.76 bits per heavy atom. The first-order valence-electron chi connectivity index (χ1n) is 12.6. The number of ether oxygens (including phenoxy) is 4. The van der Waals surface area contributed by atoms with Crippen molar-refractivity contribution in [1.29, 1.82) is 0 Å². The summed E-state index contributed by atoms with van der Waals surface area (Å²) in [5.74, 6) is 0.343. The van der Waals surface area contributed by atoms with E-state index in [1.54, 1.807) is 31.4 Å². The number of alkyl carbamates (subject to hydrolysis) is 1. The Hall–Kier alpha value is -2.88. The Morgan fingerprint density at radius 3 is 2.38 bits per heavy atom. The van der Waals surface area contributed by atoms with Crippen LogP contribution in [0.1, 0.15) is 43.1 Å². The van der Waals surface area contributed by atoms with Gasteiger partial charge in [0.25, 0.3) is 0 Å². The summed E-state index contributed by atoms with van der Waals surface area (Å²) in [6.07, 6.45) is -1.26. The van der Waals surface area contributed by atoms with Crippen LogP contribution in [0, 0.1) is 0 Å². The molecule has 0 bridgehead atoms. The predicted molar refractivity (Wildman–Crippen MR) is 143 cm³/mol. The second-order valence-corrected chi connectivity index (χ2v) is 15.6. The van der Waals surface area contributed by atoms with Crippen molar-refractivity contribution >= 4 is 20.4 Å². The molecule has 3 atom stereocenters. The molecule has 0 unspecified atom stereocenters. The van der Waals surface area contributed by atoms with E-state index in [0.29, 0.717) is 18.6 Å². The van der Waals surface area contributed by atoms with Crippen molar-refractivity contribution in [2.45, 2.75) is 70.2 Å². The fourth-order valence-electron chi connectivity index (χ4n) is 3.62. The molecule has 2 aromatic rings. The first-order chi connectivity index (χ1) is 17.5. The van der Waals surface area contributed by atoms with Gasteiger partial charge in [0.1, 0.15) is 18.0 Å². The van der Waals surface area contributed by atoms with Gasteiger partial charge in [-0.3, -0.25) is 0 Å². The van der Waals surface area contributed by atoms with Crippen LogP contribution in [0.25, 0.3) is 0 Å². The molecule has 202 valence electrons. The molecule has 1 N–H and O–H groups in total. The third-order valence-electron chi connectivity index (χ3n) is 6.96. The Balaban J connectivity index is 1.65. The molecule has 0 aromatic heterocycles. The highest BCUT2D eigenvalue weighted by Crippen LogP contribution is 2.37. The van der Waals surface area contributed by atoms with Gasteiger partial charge in [0.15, 0.2) is 8.32 Å². The van der Waals surface area contributed by atoms with E-state index in [1.807, 2.05) is 30.3 Å². The van der Waals surface area contributed by atoms with Crippen LogP contribution in [0.4, 0.5) is 4.79 Å². The molecule has 1 saturated heterocycles. The van der Waals surface area contributed by atoms with Gasteiger partial charge in [0.05, 0.1) is 38.5 Å². The number of cyclic esters (lactones) is 1. The van der Waals surface area contributed by atoms with Gasteiger partial charge in [0, 0.05) is 6.42 Å². The molecule has 8 nitrogen and oxygen atoms in total. The number of benzene rings is 2. The van der Waals surface area contributed by atoms with Crippen LogP contribution in [0.15, 0.2) is 54.6 Å². The van der Waals surface area contributed by atoms with E-state index in [2.05, 4.69) is 39.2 Å².